The van der Waals surface area contributed by atoms with Gasteiger partial charge >= 0.3 is 19.6 Å². The average molecular weight is 1580 g/mol. The Morgan fingerprint density at radius 1 is 0.824 bits per heavy atom. The van der Waals surface area contributed by atoms with Crippen LogP contribution in [0.5, 0.6) is 5.88 Å². The van der Waals surface area contributed by atoms with Crippen molar-refractivity contribution in [1.29, 1.82) is 0 Å². The van der Waals surface area contributed by atoms with Gasteiger partial charge in [0.25, 0.3) is 23.3 Å². The molecule has 5 aromatic rings. The number of fused-ring (bicyclic) bond motifs is 4. The Morgan fingerprint density at radius 3 is 2.19 bits per heavy atom. The van der Waals surface area contributed by atoms with Gasteiger partial charge in [-0.25, -0.2) is 24.3 Å². The third-order valence-electron chi connectivity index (χ3n) is 18.0. The molecule has 2 unspecified atom stereocenters. The second-order valence-electron chi connectivity index (χ2n) is 26.3. The maximum absolute atomic E-state index is 14.1. The molecule has 35 nitrogen and oxygen atoms in total. The van der Waals surface area contributed by atoms with Crippen molar-refractivity contribution >= 4 is 102 Å². The molecule has 108 heavy (non-hydrogen) atoms. The van der Waals surface area contributed by atoms with Crippen LogP contribution in [0.15, 0.2) is 90.4 Å². The van der Waals surface area contributed by atoms with E-state index in [0.717, 1.165) is 11.2 Å². The van der Waals surface area contributed by atoms with Crippen molar-refractivity contribution in [3.05, 3.63) is 118 Å². The summed E-state index contributed by atoms with van der Waals surface area (Å²) < 4.78 is 83.2. The molecule has 3 aromatic heterocycles. The third-order valence-corrected chi connectivity index (χ3v) is 21.2. The number of benzene rings is 2. The standard InChI is InChI=1S/C69H91N11O24P2S2/c1-42(2)50(35-53(82)51(12-8-9-22-79-58(84)17-18-59(79)85)74-56(83)20-23-94-26-27-96-30-31-97-29-28-95-25-24-93-5)65(88)73-43(3)52(81)32-44-13-15-45(16-14-44)37-98-69(90)78(4)36-46-10-6-7-11-49(46)64(87)76-68-75-63-60(66(89)77-68)72-41-80(63)67-62-61(86)55(102-67)39-100-105(91,107)103-54-34-48(101-57-19-21-70-40-71-57)33-47(54)38-99-106(92,108)104-62/h6-7,10-11,13-19,21,40-43,47-48,50-51,54-55,61-62,67,86H,8-9,12,20,22-39H2,1-5H3,(H,73,88)(H,74,83)(H,91,107)(H,92,108)(H2,75,76,77,87,89)/t43-,47+,48+,50-,51-,54-,55+,61+,62+,67+,105?,106?/m0/s1. The van der Waals surface area contributed by atoms with Gasteiger partial charge in [0.05, 0.1) is 97.2 Å². The van der Waals surface area contributed by atoms with E-state index in [0.29, 0.717) is 75.1 Å². The first-order valence-electron chi connectivity index (χ1n) is 35.1. The molecule has 6 amide bonds. The number of amides is 6. The van der Waals surface area contributed by atoms with E-state index in [1.54, 1.807) is 76.4 Å². The summed E-state index contributed by atoms with van der Waals surface area (Å²) in [4.78, 5) is 153. The molecular formula is C69H91N11O24P2S2. The summed E-state index contributed by atoms with van der Waals surface area (Å²) in [5.74, 6) is -5.22. The highest BCUT2D eigenvalue weighted by molar-refractivity contribution is 8.44. The molecule has 2 aromatic carbocycles. The number of thiol groups is 1. The second kappa shape index (κ2) is 40.8. The Bertz CT molecular complexity index is 4090. The molecule has 1 aliphatic carbocycles. The van der Waals surface area contributed by atoms with Crippen molar-refractivity contribution in [2.45, 2.75) is 134 Å². The molecule has 9 rings (SSSR count). The lowest BCUT2D eigenvalue weighted by atomic mass is 9.86. The fraction of sp³-hybridized carbons (Fsp3) is 0.551. The number of ether oxygens (including phenoxy) is 8. The van der Waals surface area contributed by atoms with Gasteiger partial charge in [0.1, 0.15) is 37.4 Å². The summed E-state index contributed by atoms with van der Waals surface area (Å²) in [7, 11) is 3.06. The monoisotopic (exact) mass is 1580 g/mol. The number of ketones is 2. The number of nitrogens with zero attached hydrogens (tertiary/aromatic N) is 7. The average Bonchev–Trinajstić information content (AvgIpc) is 1.60. The van der Waals surface area contributed by atoms with Gasteiger partial charge in [-0.05, 0) is 73.1 Å². The number of carbonyl (C=O) groups is 8. The number of rotatable bonds is 39. The van der Waals surface area contributed by atoms with Crippen molar-refractivity contribution in [3.63, 3.8) is 0 Å². The van der Waals surface area contributed by atoms with E-state index in [4.69, 9.17) is 67.8 Å². The summed E-state index contributed by atoms with van der Waals surface area (Å²) in [6, 6.07) is 12.6. The Morgan fingerprint density at radius 2 is 1.51 bits per heavy atom. The first-order valence-corrected chi connectivity index (χ1v) is 40.4. The number of carbonyl (C=O) groups excluding carboxylic acids is 8. The lowest BCUT2D eigenvalue weighted by molar-refractivity contribution is -0.137. The van der Waals surface area contributed by atoms with Gasteiger partial charge < -0.3 is 77.0 Å². The van der Waals surface area contributed by atoms with E-state index in [2.05, 4.69) is 53.1 Å². The number of imide groups is 1. The predicted molar refractivity (Wildman–Crippen MR) is 390 cm³/mol. The fourth-order valence-electron chi connectivity index (χ4n) is 12.1. The minimum atomic E-state index is -4.39. The number of methoxy groups -OCH3 is 1. The zero-order valence-corrected chi connectivity index (χ0v) is 63.7. The van der Waals surface area contributed by atoms with Crippen LogP contribution in [0.3, 0.4) is 0 Å². The van der Waals surface area contributed by atoms with Gasteiger partial charge in [0, 0.05) is 94.7 Å². The topological polar surface area (TPSA) is 437 Å². The smallest absolute Gasteiger partial charge is 0.410 e. The molecule has 588 valence electrons. The Hall–Kier alpha value is -7.68. The number of nitrogens with one attached hydrogen (secondary N) is 4. The minimum Gasteiger partial charge on any atom is -0.474 e. The van der Waals surface area contributed by atoms with Crippen LogP contribution in [0, 0.1) is 17.8 Å². The van der Waals surface area contributed by atoms with E-state index in [1.807, 2.05) is 0 Å². The number of unbranched alkanes of at least 4 members (excludes halogenated alkanes) is 1. The van der Waals surface area contributed by atoms with Crippen molar-refractivity contribution in [2.24, 2.45) is 17.8 Å². The lowest BCUT2D eigenvalue weighted by Gasteiger charge is -2.27. The Kier molecular flexibility index (Phi) is 31.9. The van der Waals surface area contributed by atoms with Gasteiger partial charge in [0.2, 0.25) is 23.6 Å². The van der Waals surface area contributed by atoms with Crippen LogP contribution < -0.4 is 26.2 Å². The van der Waals surface area contributed by atoms with Gasteiger partial charge in [-0.2, -0.15) is 4.98 Å². The quantitative estimate of drug-likeness (QED) is 0.0122. The van der Waals surface area contributed by atoms with Crippen LogP contribution >= 0.6 is 25.8 Å². The molecule has 1 saturated carbocycles. The number of aliphatic hydroxyl groups is 1. The van der Waals surface area contributed by atoms with Crippen LogP contribution in [-0.4, -0.2) is 232 Å². The molecule has 2 bridgehead atoms. The minimum absolute atomic E-state index is 0.0439. The molecule has 0 radical (unpaired) electrons. The normalized spacial score (nSPS) is 23.0. The van der Waals surface area contributed by atoms with Crippen LogP contribution in [0.2, 0.25) is 0 Å². The molecule has 2 saturated heterocycles. The van der Waals surface area contributed by atoms with Crippen molar-refractivity contribution < 1.29 is 109 Å². The van der Waals surface area contributed by atoms with Gasteiger partial charge in [-0.1, -0.05) is 68.6 Å². The molecular weight excluding hydrogens is 1490 g/mol. The number of imidazole rings is 1. The summed E-state index contributed by atoms with van der Waals surface area (Å²) in [6.45, 7) is -1.32. The van der Waals surface area contributed by atoms with E-state index >= 15 is 0 Å². The van der Waals surface area contributed by atoms with E-state index < -0.39 is 128 Å². The van der Waals surface area contributed by atoms with Crippen LogP contribution in [-0.2, 0) is 116 Å². The zero-order chi connectivity index (χ0) is 77.5. The van der Waals surface area contributed by atoms with E-state index in [9.17, 15) is 57.7 Å². The van der Waals surface area contributed by atoms with Gasteiger partial charge in [0.15, 0.2) is 29.0 Å². The molecule has 12 atom stereocenters. The van der Waals surface area contributed by atoms with Crippen molar-refractivity contribution in [1.82, 2.24) is 49.9 Å². The highest BCUT2D eigenvalue weighted by Gasteiger charge is 2.51. The van der Waals surface area contributed by atoms with E-state index in [1.165, 1.54) is 47.3 Å². The second-order valence-corrected chi connectivity index (χ2v) is 31.9. The van der Waals surface area contributed by atoms with Crippen molar-refractivity contribution in [2.75, 3.05) is 98.7 Å². The summed E-state index contributed by atoms with van der Waals surface area (Å²) in [5, 5.41) is 19.8. The number of H-pyrrole nitrogens is 1. The van der Waals surface area contributed by atoms with Crippen molar-refractivity contribution in [3.8, 4) is 5.88 Å². The molecule has 0 spiro atoms. The van der Waals surface area contributed by atoms with Crippen LogP contribution in [0.25, 0.3) is 11.2 Å². The largest absolute Gasteiger partial charge is 0.474 e. The maximum Gasteiger partial charge on any atom is 0.410 e. The molecule has 3 aliphatic heterocycles. The molecule has 6 heterocycles. The highest BCUT2D eigenvalue weighted by atomic mass is 32.7. The lowest BCUT2D eigenvalue weighted by Crippen LogP contribution is -2.46. The first kappa shape index (κ1) is 84.3. The molecule has 3 fully saturated rings. The predicted octanol–water partition coefficient (Wildman–Crippen LogP) is 4.65. The Labute approximate surface area is 632 Å². The summed E-state index contributed by atoms with van der Waals surface area (Å²) in [6.07, 6.45) is -0.709. The van der Waals surface area contributed by atoms with Gasteiger partial charge in [-0.3, -0.25) is 62.6 Å². The fourth-order valence-corrected chi connectivity index (χ4v) is 15.1. The van der Waals surface area contributed by atoms with E-state index in [-0.39, 0.29) is 119 Å². The number of anilines is 1. The molecule has 6 N–H and O–H groups in total. The number of hydrogen-bond acceptors (Lipinski definition) is 28. The SMILES string of the molecule is COCCOCCOCCOCCOCCC(=O)N[C@@H](CCCCN1C(=O)C=CC1=O)C(=O)C[C@H](C(=O)N[C@@H](C)C(=O)Cc1ccc(COC(=O)N(C)Cc2ccccc2C(=O)Nc2nc3c(ncn3[C@@H]3O[C@@H]4COP(O)(=S)O[C@H]5C[C@H](Oc6ccncn6)C[C@@H]5COP(=O)(S)O[C@@H]3[C@@H]4O)c(=O)[nH]2)cc1)C(C)C. The molecule has 4 aliphatic rings. The maximum atomic E-state index is 14.1. The number of hydrogen-bond donors (Lipinski definition) is 7. The zero-order valence-electron chi connectivity index (χ0n) is 60.2. The van der Waals surface area contributed by atoms with Crippen LogP contribution in [0.1, 0.15) is 99.0 Å². The van der Waals surface area contributed by atoms with Gasteiger partial charge in [-0.15, -0.1) is 0 Å². The number of aliphatic hydroxyl groups excluding tert-OH is 1. The summed E-state index contributed by atoms with van der Waals surface area (Å²) >= 11 is 9.63. The summed E-state index contributed by atoms with van der Waals surface area (Å²) in [5.41, 5.74) is 0.398. The molecule has 39 heteroatoms. The van der Waals surface area contributed by atoms with Crippen LogP contribution in [0.4, 0.5) is 10.7 Å². The highest BCUT2D eigenvalue weighted by Crippen LogP contribution is 2.59. The Balaban J connectivity index is 0.737. The number of aromatic nitrogens is 6. The number of aromatic amines is 1. The first-order chi connectivity index (χ1) is 51.7. The number of Topliss-reactive ketones (excluding diaryl/α,β-unsaturated/α-hetero) is 2. The third kappa shape index (κ3) is 24.9.